The molecular formula is C25H34O4. The van der Waals surface area contributed by atoms with Gasteiger partial charge in [-0.05, 0) is 49.7 Å². The molecule has 158 valence electrons. The molecule has 0 radical (unpaired) electrons. The van der Waals surface area contributed by atoms with E-state index in [0.717, 1.165) is 62.5 Å². The van der Waals surface area contributed by atoms with Gasteiger partial charge in [0.15, 0.2) is 0 Å². The van der Waals surface area contributed by atoms with Crippen LogP contribution < -0.4 is 0 Å². The maximum absolute atomic E-state index is 12.5. The van der Waals surface area contributed by atoms with Gasteiger partial charge in [0.25, 0.3) is 0 Å². The Hall–Kier alpha value is -2.36. The van der Waals surface area contributed by atoms with Gasteiger partial charge >= 0.3 is 11.9 Å². The first kappa shape index (κ1) is 22.9. The van der Waals surface area contributed by atoms with Gasteiger partial charge < -0.3 is 9.47 Å². The summed E-state index contributed by atoms with van der Waals surface area (Å²) in [4.78, 5) is 24.8. The summed E-state index contributed by atoms with van der Waals surface area (Å²) >= 11 is 0. The van der Waals surface area contributed by atoms with Crippen molar-refractivity contribution in [2.45, 2.75) is 77.2 Å². The average Bonchev–Trinajstić information content (AvgIpc) is 2.75. The standard InChI is InChI=1S/C25H34O4/c1-3-4-7-14-21(17-18-24(26)29-22-15-10-6-11-16-22)23(25(27)28-2)19-20-12-8-5-9-13-20/h5,8-9,12-13,17-18,22H,3-4,6-7,10-11,14-16,19H2,1-2H3/b18-17+,23-21+. The van der Waals surface area contributed by atoms with Crippen molar-refractivity contribution in [3.8, 4) is 0 Å². The van der Waals surface area contributed by atoms with Crippen LogP contribution in [0, 0.1) is 0 Å². The van der Waals surface area contributed by atoms with E-state index in [4.69, 9.17) is 9.47 Å². The molecule has 29 heavy (non-hydrogen) atoms. The number of rotatable bonds is 10. The van der Waals surface area contributed by atoms with E-state index in [1.807, 2.05) is 30.3 Å². The van der Waals surface area contributed by atoms with E-state index in [-0.39, 0.29) is 18.0 Å². The van der Waals surface area contributed by atoms with Crippen LogP contribution in [0.5, 0.6) is 0 Å². The number of hydrogen-bond donors (Lipinski definition) is 0. The molecule has 4 nitrogen and oxygen atoms in total. The minimum atomic E-state index is -0.342. The molecule has 0 N–H and O–H groups in total. The van der Waals surface area contributed by atoms with Gasteiger partial charge in [-0.2, -0.15) is 0 Å². The van der Waals surface area contributed by atoms with E-state index in [2.05, 4.69) is 6.92 Å². The molecule has 0 aromatic heterocycles. The number of allylic oxidation sites excluding steroid dienone is 2. The van der Waals surface area contributed by atoms with E-state index < -0.39 is 0 Å². The summed E-state index contributed by atoms with van der Waals surface area (Å²) in [6.45, 7) is 2.14. The molecule has 4 heteroatoms. The van der Waals surface area contributed by atoms with E-state index in [1.165, 1.54) is 19.6 Å². The van der Waals surface area contributed by atoms with Crippen LogP contribution >= 0.6 is 0 Å². The lowest BCUT2D eigenvalue weighted by molar-refractivity contribution is -0.144. The highest BCUT2D eigenvalue weighted by atomic mass is 16.5. The number of carbonyl (C=O) groups is 2. The van der Waals surface area contributed by atoms with Gasteiger partial charge in [-0.25, -0.2) is 9.59 Å². The Morgan fingerprint density at radius 2 is 1.76 bits per heavy atom. The maximum atomic E-state index is 12.5. The van der Waals surface area contributed by atoms with Gasteiger partial charge in [0.05, 0.1) is 7.11 Å². The van der Waals surface area contributed by atoms with Crippen molar-refractivity contribution in [1.82, 2.24) is 0 Å². The highest BCUT2D eigenvalue weighted by molar-refractivity contribution is 5.91. The molecule has 1 fully saturated rings. The molecular weight excluding hydrogens is 364 g/mol. The van der Waals surface area contributed by atoms with E-state index >= 15 is 0 Å². The van der Waals surface area contributed by atoms with Crippen LogP contribution in [0.15, 0.2) is 53.6 Å². The van der Waals surface area contributed by atoms with Crippen LogP contribution in [0.25, 0.3) is 0 Å². The quantitative estimate of drug-likeness (QED) is 0.219. The summed E-state index contributed by atoms with van der Waals surface area (Å²) < 4.78 is 10.6. The fourth-order valence-corrected chi connectivity index (χ4v) is 3.70. The molecule has 0 spiro atoms. The fraction of sp³-hybridized carbons (Fsp3) is 0.520. The predicted octanol–water partition coefficient (Wildman–Crippen LogP) is 5.71. The lowest BCUT2D eigenvalue weighted by Crippen LogP contribution is -2.19. The van der Waals surface area contributed by atoms with Gasteiger partial charge in [0.1, 0.15) is 6.10 Å². The lowest BCUT2D eigenvalue weighted by Gasteiger charge is -2.21. The number of methoxy groups -OCH3 is 1. The molecule has 1 aliphatic carbocycles. The highest BCUT2D eigenvalue weighted by Crippen LogP contribution is 2.22. The zero-order valence-corrected chi connectivity index (χ0v) is 17.8. The largest absolute Gasteiger partial charge is 0.466 e. The summed E-state index contributed by atoms with van der Waals surface area (Å²) in [5.74, 6) is -0.667. The van der Waals surface area contributed by atoms with E-state index in [0.29, 0.717) is 12.0 Å². The Balaban J connectivity index is 2.20. The van der Waals surface area contributed by atoms with Crippen LogP contribution in [-0.4, -0.2) is 25.2 Å². The number of hydrogen-bond acceptors (Lipinski definition) is 4. The predicted molar refractivity (Wildman–Crippen MR) is 115 cm³/mol. The number of ether oxygens (including phenoxy) is 2. The second-order valence-corrected chi connectivity index (χ2v) is 7.65. The molecule has 0 saturated heterocycles. The number of esters is 2. The Morgan fingerprint density at radius 3 is 2.41 bits per heavy atom. The van der Waals surface area contributed by atoms with Gasteiger partial charge in [-0.3, -0.25) is 0 Å². The Morgan fingerprint density at radius 1 is 1.03 bits per heavy atom. The summed E-state index contributed by atoms with van der Waals surface area (Å²) in [6, 6.07) is 9.85. The average molecular weight is 399 g/mol. The fourth-order valence-electron chi connectivity index (χ4n) is 3.70. The smallest absolute Gasteiger partial charge is 0.334 e. The summed E-state index contributed by atoms with van der Waals surface area (Å²) in [7, 11) is 1.40. The zero-order valence-electron chi connectivity index (χ0n) is 17.8. The molecule has 2 rings (SSSR count). The third kappa shape index (κ3) is 8.26. The number of unbranched alkanes of at least 4 members (excludes halogenated alkanes) is 2. The SMILES string of the molecule is CCCCCC(/C=C/C(=O)OC1CCCCC1)=C(/Cc1ccccc1)C(=O)OC. The second kappa shape index (κ2) is 13.0. The van der Waals surface area contributed by atoms with Gasteiger partial charge in [-0.1, -0.05) is 62.6 Å². The zero-order chi connectivity index (χ0) is 20.9. The van der Waals surface area contributed by atoms with Crippen LogP contribution in [-0.2, 0) is 25.5 Å². The molecule has 1 aliphatic rings. The Kier molecular flexibility index (Phi) is 10.3. The molecule has 0 aliphatic heterocycles. The molecule has 1 saturated carbocycles. The monoisotopic (exact) mass is 398 g/mol. The van der Waals surface area contributed by atoms with E-state index in [9.17, 15) is 9.59 Å². The van der Waals surface area contributed by atoms with Gasteiger partial charge in [0, 0.05) is 18.1 Å². The van der Waals surface area contributed by atoms with Crippen molar-refractivity contribution in [2.75, 3.05) is 7.11 Å². The molecule has 1 aromatic rings. The lowest BCUT2D eigenvalue weighted by atomic mass is 9.95. The topological polar surface area (TPSA) is 52.6 Å². The maximum Gasteiger partial charge on any atom is 0.334 e. The van der Waals surface area contributed by atoms with Crippen molar-refractivity contribution >= 4 is 11.9 Å². The van der Waals surface area contributed by atoms with Crippen LogP contribution in [0.2, 0.25) is 0 Å². The normalized spacial score (nSPS) is 15.8. The van der Waals surface area contributed by atoms with Crippen LogP contribution in [0.3, 0.4) is 0 Å². The molecule has 1 aromatic carbocycles. The summed E-state index contributed by atoms with van der Waals surface area (Å²) in [5.41, 5.74) is 2.50. The van der Waals surface area contributed by atoms with Gasteiger partial charge in [0.2, 0.25) is 0 Å². The first-order valence-corrected chi connectivity index (χ1v) is 10.9. The Labute approximate surface area is 175 Å². The third-order valence-electron chi connectivity index (χ3n) is 5.35. The molecule has 0 unspecified atom stereocenters. The molecule has 0 amide bonds. The first-order valence-electron chi connectivity index (χ1n) is 10.9. The number of carbonyl (C=O) groups excluding carboxylic acids is 2. The summed E-state index contributed by atoms with van der Waals surface area (Å²) in [5, 5.41) is 0. The highest BCUT2D eigenvalue weighted by Gasteiger charge is 2.18. The van der Waals surface area contributed by atoms with Crippen LogP contribution in [0.4, 0.5) is 0 Å². The first-order chi connectivity index (χ1) is 14.1. The van der Waals surface area contributed by atoms with Crippen molar-refractivity contribution in [3.05, 3.63) is 59.2 Å². The van der Waals surface area contributed by atoms with Crippen molar-refractivity contribution < 1.29 is 19.1 Å². The second-order valence-electron chi connectivity index (χ2n) is 7.65. The Bertz CT molecular complexity index is 697. The molecule has 0 atom stereocenters. The van der Waals surface area contributed by atoms with Crippen LogP contribution in [0.1, 0.15) is 70.3 Å². The van der Waals surface area contributed by atoms with Gasteiger partial charge in [-0.15, -0.1) is 0 Å². The third-order valence-corrected chi connectivity index (χ3v) is 5.35. The molecule has 0 heterocycles. The number of benzene rings is 1. The van der Waals surface area contributed by atoms with Crippen molar-refractivity contribution in [2.24, 2.45) is 0 Å². The minimum absolute atomic E-state index is 0.0258. The van der Waals surface area contributed by atoms with E-state index in [1.54, 1.807) is 6.08 Å². The summed E-state index contributed by atoms with van der Waals surface area (Å²) in [6.07, 6.45) is 12.9. The molecule has 0 bridgehead atoms. The minimum Gasteiger partial charge on any atom is -0.466 e. The van der Waals surface area contributed by atoms with Crippen molar-refractivity contribution in [3.63, 3.8) is 0 Å². The van der Waals surface area contributed by atoms with Crippen molar-refractivity contribution in [1.29, 1.82) is 0 Å².